The molecule has 0 saturated heterocycles. The first kappa shape index (κ1) is 12.2. The number of esters is 1. The topological polar surface area (TPSA) is 64.4 Å². The summed E-state index contributed by atoms with van der Waals surface area (Å²) in [5.41, 5.74) is 0.370. The molecule has 0 aliphatic heterocycles. The average Bonchev–Trinajstić information content (AvgIpc) is 2.73. The maximum Gasteiger partial charge on any atom is 0.307 e. The van der Waals surface area contributed by atoms with Gasteiger partial charge in [0.15, 0.2) is 0 Å². The van der Waals surface area contributed by atoms with Crippen LogP contribution in [0.25, 0.3) is 0 Å². The van der Waals surface area contributed by atoms with E-state index < -0.39 is 0 Å². The lowest BCUT2D eigenvalue weighted by Crippen LogP contribution is -2.22. The Balaban J connectivity index is 2.58. The van der Waals surface area contributed by atoms with Gasteiger partial charge in [-0.25, -0.2) is 0 Å². The molecule has 0 radical (unpaired) electrons. The van der Waals surface area contributed by atoms with Crippen molar-refractivity contribution in [3.8, 4) is 0 Å². The molecule has 0 aliphatic rings. The van der Waals surface area contributed by atoms with Gasteiger partial charge in [0.1, 0.15) is 5.69 Å². The molecule has 88 valence electrons. The highest BCUT2D eigenvalue weighted by Gasteiger charge is 2.11. The summed E-state index contributed by atoms with van der Waals surface area (Å²) in [6, 6.07) is 1.62. The highest BCUT2D eigenvalue weighted by atomic mass is 16.5. The van der Waals surface area contributed by atoms with Crippen molar-refractivity contribution in [1.29, 1.82) is 0 Å². The van der Waals surface area contributed by atoms with Crippen LogP contribution in [0.15, 0.2) is 12.3 Å². The zero-order valence-electron chi connectivity index (χ0n) is 9.64. The fourth-order valence-corrected chi connectivity index (χ4v) is 1.14. The Morgan fingerprint density at radius 3 is 2.75 bits per heavy atom. The van der Waals surface area contributed by atoms with Crippen LogP contribution in [0, 0.1) is 0 Å². The minimum atomic E-state index is -0.295. The molecule has 0 atom stereocenters. The maximum absolute atomic E-state index is 11.5. The van der Waals surface area contributed by atoms with Crippen LogP contribution in [-0.4, -0.2) is 47.8 Å². The van der Waals surface area contributed by atoms with Crippen LogP contribution >= 0.6 is 0 Å². The van der Waals surface area contributed by atoms with Gasteiger partial charge in [0.2, 0.25) is 0 Å². The van der Waals surface area contributed by atoms with Gasteiger partial charge in [-0.1, -0.05) is 0 Å². The van der Waals surface area contributed by atoms with Crippen molar-refractivity contribution in [2.75, 3.05) is 21.2 Å². The van der Waals surface area contributed by atoms with Crippen molar-refractivity contribution in [3.05, 3.63) is 18.0 Å². The van der Waals surface area contributed by atoms with Crippen molar-refractivity contribution >= 4 is 11.9 Å². The van der Waals surface area contributed by atoms with Crippen LogP contribution in [0.2, 0.25) is 0 Å². The Morgan fingerprint density at radius 2 is 2.19 bits per heavy atom. The van der Waals surface area contributed by atoms with Gasteiger partial charge in [0.25, 0.3) is 5.91 Å². The summed E-state index contributed by atoms with van der Waals surface area (Å²) in [6.07, 6.45) is 1.91. The molecule has 0 bridgehead atoms. The number of hydrogen-bond acceptors (Lipinski definition) is 4. The van der Waals surface area contributed by atoms with Crippen molar-refractivity contribution in [2.45, 2.75) is 13.0 Å². The molecule has 0 N–H and O–H groups in total. The van der Waals surface area contributed by atoms with Gasteiger partial charge in [-0.3, -0.25) is 14.3 Å². The lowest BCUT2D eigenvalue weighted by atomic mass is 10.4. The number of carbonyl (C=O) groups is 2. The van der Waals surface area contributed by atoms with E-state index in [1.165, 1.54) is 12.0 Å². The number of nitrogens with zero attached hydrogens (tertiary/aromatic N) is 3. The largest absolute Gasteiger partial charge is 0.469 e. The second kappa shape index (κ2) is 5.29. The second-order valence-electron chi connectivity index (χ2n) is 3.49. The summed E-state index contributed by atoms with van der Waals surface area (Å²) in [5, 5.41) is 4.06. The van der Waals surface area contributed by atoms with E-state index in [1.807, 2.05) is 0 Å². The molecule has 1 aromatic rings. The Bertz CT molecular complexity index is 384. The Kier molecular flexibility index (Phi) is 4.04. The summed E-state index contributed by atoms with van der Waals surface area (Å²) in [7, 11) is 4.66. The van der Waals surface area contributed by atoms with Gasteiger partial charge in [-0.2, -0.15) is 5.10 Å². The van der Waals surface area contributed by atoms with Gasteiger partial charge in [-0.15, -0.1) is 0 Å². The molecule has 0 unspecified atom stereocenters. The summed E-state index contributed by atoms with van der Waals surface area (Å²) in [5.74, 6) is -0.451. The molecular formula is C10H15N3O3. The Morgan fingerprint density at radius 1 is 1.50 bits per heavy atom. The molecule has 1 aromatic heterocycles. The van der Waals surface area contributed by atoms with Gasteiger partial charge < -0.3 is 9.64 Å². The zero-order chi connectivity index (χ0) is 12.1. The average molecular weight is 225 g/mol. The fourth-order valence-electron chi connectivity index (χ4n) is 1.14. The molecule has 0 aromatic carbocycles. The third-order valence-corrected chi connectivity index (χ3v) is 2.04. The molecule has 1 rings (SSSR count). The van der Waals surface area contributed by atoms with E-state index >= 15 is 0 Å². The van der Waals surface area contributed by atoms with E-state index in [4.69, 9.17) is 0 Å². The fraction of sp³-hybridized carbons (Fsp3) is 0.500. The molecule has 6 nitrogen and oxygen atoms in total. The quantitative estimate of drug-likeness (QED) is 0.684. The number of hydrogen-bond donors (Lipinski definition) is 0. The van der Waals surface area contributed by atoms with Crippen LogP contribution in [0.5, 0.6) is 0 Å². The number of aromatic nitrogens is 2. The molecule has 16 heavy (non-hydrogen) atoms. The first-order valence-corrected chi connectivity index (χ1v) is 4.86. The smallest absolute Gasteiger partial charge is 0.307 e. The second-order valence-corrected chi connectivity index (χ2v) is 3.49. The number of ether oxygens (including phenoxy) is 1. The summed E-state index contributed by atoms with van der Waals surface area (Å²) in [4.78, 5) is 23.9. The maximum atomic E-state index is 11.5. The highest BCUT2D eigenvalue weighted by molar-refractivity contribution is 5.91. The summed E-state index contributed by atoms with van der Waals surface area (Å²) in [6.45, 7) is 0.410. The predicted octanol–water partition coefficient (Wildman–Crippen LogP) is 0.148. The van der Waals surface area contributed by atoms with Gasteiger partial charge in [0, 0.05) is 20.3 Å². The molecule has 0 spiro atoms. The number of amides is 1. The Hall–Kier alpha value is -1.85. The zero-order valence-corrected chi connectivity index (χ0v) is 9.64. The molecule has 0 aliphatic carbocycles. The monoisotopic (exact) mass is 225 g/mol. The van der Waals surface area contributed by atoms with Crippen molar-refractivity contribution < 1.29 is 14.3 Å². The Labute approximate surface area is 93.8 Å². The molecule has 0 saturated carbocycles. The van der Waals surface area contributed by atoms with Crippen LogP contribution in [-0.2, 0) is 16.1 Å². The SMILES string of the molecule is COC(=O)CCn1ccc(C(=O)N(C)C)n1. The van der Waals surface area contributed by atoms with Crippen molar-refractivity contribution in [2.24, 2.45) is 0 Å². The number of aryl methyl sites for hydroxylation is 1. The highest BCUT2D eigenvalue weighted by Crippen LogP contribution is 2.00. The normalized spacial score (nSPS) is 9.94. The third-order valence-electron chi connectivity index (χ3n) is 2.04. The molecule has 1 amide bonds. The van der Waals surface area contributed by atoms with Crippen LogP contribution < -0.4 is 0 Å². The molecule has 0 fully saturated rings. The molecular weight excluding hydrogens is 210 g/mol. The van der Waals surface area contributed by atoms with E-state index in [-0.39, 0.29) is 18.3 Å². The van der Waals surface area contributed by atoms with E-state index in [0.29, 0.717) is 12.2 Å². The van der Waals surface area contributed by atoms with E-state index in [9.17, 15) is 9.59 Å². The number of carbonyl (C=O) groups excluding carboxylic acids is 2. The molecule has 1 heterocycles. The first-order chi connectivity index (χ1) is 7.54. The number of methoxy groups -OCH3 is 1. The number of rotatable bonds is 4. The predicted molar refractivity (Wildman–Crippen MR) is 56.9 cm³/mol. The van der Waals surface area contributed by atoms with Crippen LogP contribution in [0.4, 0.5) is 0 Å². The van der Waals surface area contributed by atoms with Crippen molar-refractivity contribution in [1.82, 2.24) is 14.7 Å². The molecule has 6 heteroatoms. The van der Waals surface area contributed by atoms with E-state index in [1.54, 1.807) is 31.0 Å². The minimum Gasteiger partial charge on any atom is -0.469 e. The third kappa shape index (κ3) is 3.08. The van der Waals surface area contributed by atoms with E-state index in [0.717, 1.165) is 0 Å². The lowest BCUT2D eigenvalue weighted by Gasteiger charge is -2.06. The van der Waals surface area contributed by atoms with Gasteiger partial charge in [0.05, 0.1) is 20.1 Å². The first-order valence-electron chi connectivity index (χ1n) is 4.86. The van der Waals surface area contributed by atoms with Crippen LogP contribution in [0.1, 0.15) is 16.9 Å². The van der Waals surface area contributed by atoms with Gasteiger partial charge >= 0.3 is 5.97 Å². The lowest BCUT2D eigenvalue weighted by molar-refractivity contribution is -0.140. The van der Waals surface area contributed by atoms with Crippen LogP contribution in [0.3, 0.4) is 0 Å². The summed E-state index contributed by atoms with van der Waals surface area (Å²) < 4.78 is 6.06. The minimum absolute atomic E-state index is 0.156. The van der Waals surface area contributed by atoms with Gasteiger partial charge in [-0.05, 0) is 6.07 Å². The summed E-state index contributed by atoms with van der Waals surface area (Å²) >= 11 is 0. The standard InChI is InChI=1S/C10H15N3O3/c1-12(2)10(15)8-4-6-13(11-8)7-5-9(14)16-3/h4,6H,5,7H2,1-3H3. The van der Waals surface area contributed by atoms with E-state index in [2.05, 4.69) is 9.84 Å². The van der Waals surface area contributed by atoms with Crippen molar-refractivity contribution in [3.63, 3.8) is 0 Å².